The molecule has 0 bridgehead atoms. The first-order valence-corrected chi connectivity index (χ1v) is 7.00. The van der Waals surface area contributed by atoms with Crippen LogP contribution in [0.2, 0.25) is 0 Å². The summed E-state index contributed by atoms with van der Waals surface area (Å²) in [5, 5.41) is 9.79. The molecule has 1 unspecified atom stereocenters. The van der Waals surface area contributed by atoms with E-state index in [-0.39, 0.29) is 6.10 Å². The molecule has 1 rings (SSSR count). The van der Waals surface area contributed by atoms with Crippen LogP contribution in [-0.4, -0.2) is 21.7 Å². The fourth-order valence-electron chi connectivity index (χ4n) is 1.63. The van der Waals surface area contributed by atoms with Gasteiger partial charge in [-0.25, -0.2) is 0 Å². The molecule has 0 aliphatic carbocycles. The van der Waals surface area contributed by atoms with Gasteiger partial charge in [-0.1, -0.05) is 13.3 Å². The summed E-state index contributed by atoms with van der Waals surface area (Å²) in [7, 11) is 0. The highest BCUT2D eigenvalue weighted by Gasteiger charge is 2.07. The first-order chi connectivity index (χ1) is 7.27. The average molecular weight is 227 g/mol. The Morgan fingerprint density at radius 1 is 1.53 bits per heavy atom. The van der Waals surface area contributed by atoms with Crippen LogP contribution in [0.4, 0.5) is 0 Å². The van der Waals surface area contributed by atoms with Gasteiger partial charge in [-0.05, 0) is 36.5 Å². The Labute approximate surface area is 96.7 Å². The number of nitrogens with zero attached hydrogens (tertiary/aromatic N) is 1. The van der Waals surface area contributed by atoms with Crippen molar-refractivity contribution in [2.45, 2.75) is 38.8 Å². The fourth-order valence-corrected chi connectivity index (χ4v) is 2.04. The van der Waals surface area contributed by atoms with Crippen molar-refractivity contribution in [3.05, 3.63) is 24.0 Å². The second-order valence-corrected chi connectivity index (χ2v) is 4.82. The Morgan fingerprint density at radius 2 is 2.33 bits per heavy atom. The van der Waals surface area contributed by atoms with Crippen LogP contribution >= 0.6 is 11.8 Å². The molecule has 0 spiro atoms. The van der Waals surface area contributed by atoms with Gasteiger partial charge in [0.15, 0.2) is 0 Å². The van der Waals surface area contributed by atoms with E-state index in [2.05, 4.69) is 30.1 Å². The zero-order valence-corrected chi connectivity index (χ0v) is 10.5. The van der Waals surface area contributed by atoms with Gasteiger partial charge in [0.2, 0.25) is 0 Å². The maximum Gasteiger partial charge on any atom is 0.0804 e. The molecule has 86 valence electrons. The lowest BCUT2D eigenvalue weighted by Crippen LogP contribution is -1.97. The van der Waals surface area contributed by atoms with E-state index in [4.69, 9.17) is 0 Å². The third-order valence-electron chi connectivity index (χ3n) is 2.49. The Balaban J connectivity index is 2.41. The third kappa shape index (κ3) is 4.31. The number of aliphatic hydroxyl groups is 1. The van der Waals surface area contributed by atoms with E-state index >= 15 is 0 Å². The summed E-state index contributed by atoms with van der Waals surface area (Å²) in [6.45, 7) is 3.15. The Kier molecular flexibility index (Phi) is 5.88. The Hall–Kier alpha value is -0.410. The van der Waals surface area contributed by atoms with Crippen molar-refractivity contribution in [1.82, 2.24) is 4.57 Å². The van der Waals surface area contributed by atoms with E-state index in [0.717, 1.165) is 24.9 Å². The highest BCUT2D eigenvalue weighted by molar-refractivity contribution is 7.98. The van der Waals surface area contributed by atoms with E-state index in [1.165, 1.54) is 12.2 Å². The summed E-state index contributed by atoms with van der Waals surface area (Å²) in [5.41, 5.74) is 1.06. The quantitative estimate of drug-likeness (QED) is 0.724. The van der Waals surface area contributed by atoms with Crippen LogP contribution in [0.1, 0.15) is 37.9 Å². The Bertz CT molecular complexity index is 272. The first kappa shape index (κ1) is 12.7. The normalized spacial score (nSPS) is 13.0. The summed E-state index contributed by atoms with van der Waals surface area (Å²) >= 11 is 1.88. The fraction of sp³-hybridized carbons (Fsp3) is 0.667. The molecule has 0 radical (unpaired) electrons. The molecule has 1 aromatic heterocycles. The zero-order chi connectivity index (χ0) is 11.1. The van der Waals surface area contributed by atoms with Gasteiger partial charge in [-0.15, -0.1) is 0 Å². The van der Waals surface area contributed by atoms with Crippen molar-refractivity contribution < 1.29 is 5.11 Å². The van der Waals surface area contributed by atoms with Crippen LogP contribution in [0.3, 0.4) is 0 Å². The molecule has 0 amide bonds. The lowest BCUT2D eigenvalue weighted by Gasteiger charge is -2.06. The molecular weight excluding hydrogens is 206 g/mol. The van der Waals surface area contributed by atoms with Crippen LogP contribution in [0.15, 0.2) is 18.5 Å². The second-order valence-electron chi connectivity index (χ2n) is 3.83. The van der Waals surface area contributed by atoms with E-state index in [9.17, 15) is 5.11 Å². The minimum atomic E-state index is -0.281. The lowest BCUT2D eigenvalue weighted by molar-refractivity contribution is 0.166. The number of aryl methyl sites for hydroxylation is 1. The molecule has 0 aliphatic rings. The van der Waals surface area contributed by atoms with E-state index < -0.39 is 0 Å². The number of aromatic nitrogens is 1. The molecule has 1 atom stereocenters. The largest absolute Gasteiger partial charge is 0.388 e. The molecule has 1 N–H and O–H groups in total. The average Bonchev–Trinajstić information content (AvgIpc) is 2.67. The maximum absolute atomic E-state index is 9.79. The minimum absolute atomic E-state index is 0.281. The standard InChI is InChI=1S/C12H21NOS/c1-3-5-12(14)11-6-8-13(10-11)7-4-9-15-2/h6,8,10,12,14H,3-5,7,9H2,1-2H3. The highest BCUT2D eigenvalue weighted by Crippen LogP contribution is 2.18. The van der Waals surface area contributed by atoms with Gasteiger partial charge in [0.05, 0.1) is 6.10 Å². The number of hydrogen-bond donors (Lipinski definition) is 1. The van der Waals surface area contributed by atoms with E-state index in [1.54, 1.807) is 0 Å². The molecule has 3 heteroatoms. The predicted molar refractivity (Wildman–Crippen MR) is 67.3 cm³/mol. The summed E-state index contributed by atoms with van der Waals surface area (Å²) in [6, 6.07) is 2.03. The molecule has 1 aromatic rings. The van der Waals surface area contributed by atoms with Crippen molar-refractivity contribution in [2.75, 3.05) is 12.0 Å². The second kappa shape index (κ2) is 6.96. The van der Waals surface area contributed by atoms with Gasteiger partial charge in [0, 0.05) is 18.9 Å². The Morgan fingerprint density at radius 3 is 3.00 bits per heavy atom. The van der Waals surface area contributed by atoms with Gasteiger partial charge >= 0.3 is 0 Å². The molecule has 0 aliphatic heterocycles. The van der Waals surface area contributed by atoms with Crippen LogP contribution in [0.5, 0.6) is 0 Å². The molecular formula is C12H21NOS. The highest BCUT2D eigenvalue weighted by atomic mass is 32.2. The van der Waals surface area contributed by atoms with Crippen LogP contribution in [-0.2, 0) is 6.54 Å². The van der Waals surface area contributed by atoms with Gasteiger partial charge in [-0.2, -0.15) is 11.8 Å². The molecule has 2 nitrogen and oxygen atoms in total. The van der Waals surface area contributed by atoms with E-state index in [0.29, 0.717) is 0 Å². The number of rotatable bonds is 7. The van der Waals surface area contributed by atoms with Crippen molar-refractivity contribution >= 4 is 11.8 Å². The van der Waals surface area contributed by atoms with Crippen LogP contribution in [0.25, 0.3) is 0 Å². The van der Waals surface area contributed by atoms with Crippen molar-refractivity contribution in [3.8, 4) is 0 Å². The van der Waals surface area contributed by atoms with Crippen molar-refractivity contribution in [3.63, 3.8) is 0 Å². The third-order valence-corrected chi connectivity index (χ3v) is 3.18. The van der Waals surface area contributed by atoms with Crippen molar-refractivity contribution in [1.29, 1.82) is 0 Å². The summed E-state index contributed by atoms with van der Waals surface area (Å²) in [4.78, 5) is 0. The van der Waals surface area contributed by atoms with E-state index in [1.807, 2.05) is 17.8 Å². The molecule has 0 fully saturated rings. The topological polar surface area (TPSA) is 25.2 Å². The number of aliphatic hydroxyl groups excluding tert-OH is 1. The molecule has 1 heterocycles. The first-order valence-electron chi connectivity index (χ1n) is 5.60. The SMILES string of the molecule is CCCC(O)c1ccn(CCCSC)c1. The predicted octanol–water partition coefficient (Wildman–Crippen LogP) is 3.07. The van der Waals surface area contributed by atoms with Gasteiger partial charge in [0.25, 0.3) is 0 Å². The maximum atomic E-state index is 9.79. The molecule has 15 heavy (non-hydrogen) atoms. The summed E-state index contributed by atoms with van der Waals surface area (Å²) in [6.07, 6.45) is 9.06. The van der Waals surface area contributed by atoms with Crippen LogP contribution < -0.4 is 0 Å². The summed E-state index contributed by atoms with van der Waals surface area (Å²) in [5.74, 6) is 1.20. The smallest absolute Gasteiger partial charge is 0.0804 e. The minimum Gasteiger partial charge on any atom is -0.388 e. The van der Waals surface area contributed by atoms with Gasteiger partial charge in [0.1, 0.15) is 0 Å². The number of hydrogen-bond acceptors (Lipinski definition) is 2. The zero-order valence-electron chi connectivity index (χ0n) is 9.65. The van der Waals surface area contributed by atoms with Crippen molar-refractivity contribution in [2.24, 2.45) is 0 Å². The van der Waals surface area contributed by atoms with Gasteiger partial charge < -0.3 is 9.67 Å². The number of thioether (sulfide) groups is 1. The van der Waals surface area contributed by atoms with Crippen LogP contribution in [0, 0.1) is 0 Å². The lowest BCUT2D eigenvalue weighted by atomic mass is 10.1. The molecule has 0 saturated carbocycles. The monoisotopic (exact) mass is 227 g/mol. The molecule has 0 saturated heterocycles. The molecule has 0 aromatic carbocycles. The summed E-state index contributed by atoms with van der Waals surface area (Å²) < 4.78 is 2.17. The van der Waals surface area contributed by atoms with Gasteiger partial charge in [-0.3, -0.25) is 0 Å².